The molecule has 3 heterocycles. The summed E-state index contributed by atoms with van der Waals surface area (Å²) in [6, 6.07) is 123. The van der Waals surface area contributed by atoms with Gasteiger partial charge in [-0.3, -0.25) is 0 Å². The molecule has 93 heavy (non-hydrogen) atoms. The van der Waals surface area contributed by atoms with Gasteiger partial charge in [0.2, 0.25) is 0 Å². The number of furan rings is 1. The fourth-order valence-electron chi connectivity index (χ4n) is 15.9. The Morgan fingerprint density at radius 2 is 0.710 bits per heavy atom. The minimum atomic E-state index is -0.784. The van der Waals surface area contributed by atoms with Crippen LogP contribution >= 0.6 is 0 Å². The van der Waals surface area contributed by atoms with Crippen LogP contribution < -0.4 is 26.2 Å². The van der Waals surface area contributed by atoms with Gasteiger partial charge < -0.3 is 14.2 Å². The molecule has 4 heteroatoms. The Balaban J connectivity index is 1.05. The van der Waals surface area contributed by atoms with Crippen LogP contribution in [0.15, 0.2) is 332 Å². The molecule has 0 atom stereocenters. The van der Waals surface area contributed by atoms with Crippen LogP contribution in [0.3, 0.4) is 0 Å². The molecule has 0 amide bonds. The molecular formula is C89H63BN2O. The van der Waals surface area contributed by atoms with E-state index >= 15 is 0 Å². The quantitative estimate of drug-likeness (QED) is 0.134. The molecule has 0 radical (unpaired) electrons. The summed E-state index contributed by atoms with van der Waals surface area (Å²) in [5, 5.41) is 2.21. The Labute approximate surface area is 543 Å². The zero-order valence-corrected chi connectivity index (χ0v) is 52.1. The van der Waals surface area contributed by atoms with Crippen molar-refractivity contribution >= 4 is 79.2 Å². The Morgan fingerprint density at radius 1 is 0.301 bits per heavy atom. The summed E-state index contributed by atoms with van der Waals surface area (Å²) in [5.41, 5.74) is 31.4. The van der Waals surface area contributed by atoms with Gasteiger partial charge in [-0.25, -0.2) is 0 Å². The van der Waals surface area contributed by atoms with E-state index in [1.54, 1.807) is 0 Å². The predicted molar refractivity (Wildman–Crippen MR) is 391 cm³/mol. The lowest BCUT2D eigenvalue weighted by Crippen LogP contribution is -2.61. The first-order chi connectivity index (χ1) is 45.8. The number of rotatable bonds is 9. The van der Waals surface area contributed by atoms with Crippen LogP contribution in [-0.2, 0) is 10.8 Å². The third-order valence-corrected chi connectivity index (χ3v) is 20.1. The molecule has 438 valence electrons. The van der Waals surface area contributed by atoms with E-state index in [1.807, 2.05) is 0 Å². The number of hydrogen-bond acceptors (Lipinski definition) is 3. The SMILES string of the molecule is CC(C)(C)c1ccc2c(c1)N(c1c(-c3ccccc3)cccc1-c1ccccc1)c1cc(C3(c4ccccc4)c4ccccc4-c4ccccc43)cc3c1B2c1ccc(-c2ccc4oc5ccccc5c4c2)cc1N3c1c(-c2ccccc2)cccc1-c1ccccc1. The highest BCUT2D eigenvalue weighted by atomic mass is 16.3. The Hall–Kier alpha value is -11.5. The number of anilines is 6. The van der Waals surface area contributed by atoms with Gasteiger partial charge in [0, 0.05) is 55.8 Å². The molecule has 0 unspecified atom stereocenters. The lowest BCUT2D eigenvalue weighted by Gasteiger charge is -2.47. The zero-order valence-electron chi connectivity index (χ0n) is 52.1. The summed E-state index contributed by atoms with van der Waals surface area (Å²) in [6.45, 7) is 6.84. The van der Waals surface area contributed by atoms with E-state index in [1.165, 1.54) is 61.0 Å². The van der Waals surface area contributed by atoms with Crippen molar-refractivity contribution in [2.24, 2.45) is 0 Å². The van der Waals surface area contributed by atoms with Gasteiger partial charge in [-0.1, -0.05) is 306 Å². The minimum absolute atomic E-state index is 0.184. The summed E-state index contributed by atoms with van der Waals surface area (Å²) in [4.78, 5) is 5.41. The van der Waals surface area contributed by atoms with E-state index in [0.29, 0.717) is 0 Å². The van der Waals surface area contributed by atoms with Crippen LogP contribution in [0.1, 0.15) is 48.6 Å². The van der Waals surface area contributed by atoms with Crippen molar-refractivity contribution < 1.29 is 4.42 Å². The molecule has 0 saturated carbocycles. The van der Waals surface area contributed by atoms with E-state index < -0.39 is 5.41 Å². The van der Waals surface area contributed by atoms with Crippen LogP contribution in [0.2, 0.25) is 0 Å². The standard InChI is InChI=1S/C89H63BN2O/c1-88(2,3)65-49-51-78-80(55-65)92(87-69(60-31-13-6-14-32-60)42-26-43-70(87)61-33-15-7-16-34-61)82-57-66(89(64-35-17-8-18-36-64)75-44-22-19-37-71(75)72-38-20-23-45-76(72)89)56-81-85(82)90(78)77-50-47-63(62-48-52-84-74(53-62)73-39-21-24-46-83(73)93-84)54-79(77)91(81)86-67(58-27-9-4-10-28-58)40-25-41-68(86)59-29-11-5-12-30-59/h4-57H,1-3H3. The molecule has 1 aliphatic carbocycles. The van der Waals surface area contributed by atoms with Crippen molar-refractivity contribution in [1.82, 2.24) is 0 Å². The molecule has 0 fully saturated rings. The summed E-state index contributed by atoms with van der Waals surface area (Å²) in [5.74, 6) is 0. The fourth-order valence-corrected chi connectivity index (χ4v) is 15.9. The normalized spacial score (nSPS) is 13.3. The number of para-hydroxylation sites is 3. The molecule has 3 aliphatic rings. The molecule has 14 aromatic carbocycles. The van der Waals surface area contributed by atoms with Crippen molar-refractivity contribution in [2.75, 3.05) is 9.80 Å². The zero-order chi connectivity index (χ0) is 61.9. The molecule has 18 rings (SSSR count). The van der Waals surface area contributed by atoms with Crippen LogP contribution in [-0.4, -0.2) is 6.71 Å². The van der Waals surface area contributed by atoms with Gasteiger partial charge in [0.05, 0.1) is 16.8 Å². The van der Waals surface area contributed by atoms with Gasteiger partial charge in [-0.2, -0.15) is 0 Å². The molecule has 0 N–H and O–H groups in total. The van der Waals surface area contributed by atoms with Gasteiger partial charge in [0.1, 0.15) is 11.2 Å². The summed E-state index contributed by atoms with van der Waals surface area (Å²) < 4.78 is 6.50. The third-order valence-electron chi connectivity index (χ3n) is 20.1. The van der Waals surface area contributed by atoms with Crippen molar-refractivity contribution in [3.05, 3.63) is 355 Å². The van der Waals surface area contributed by atoms with Crippen molar-refractivity contribution in [2.45, 2.75) is 31.6 Å². The van der Waals surface area contributed by atoms with Crippen molar-refractivity contribution in [3.8, 4) is 66.8 Å². The van der Waals surface area contributed by atoms with Gasteiger partial charge in [-0.15, -0.1) is 0 Å². The predicted octanol–water partition coefficient (Wildman–Crippen LogP) is 21.7. The smallest absolute Gasteiger partial charge is 0.252 e. The summed E-state index contributed by atoms with van der Waals surface area (Å²) in [6.07, 6.45) is 0. The van der Waals surface area contributed by atoms with E-state index in [-0.39, 0.29) is 12.1 Å². The second kappa shape index (κ2) is 21.3. The van der Waals surface area contributed by atoms with E-state index in [4.69, 9.17) is 4.42 Å². The molecule has 2 aliphatic heterocycles. The van der Waals surface area contributed by atoms with Crippen molar-refractivity contribution in [1.29, 1.82) is 0 Å². The van der Waals surface area contributed by atoms with Crippen LogP contribution in [0.4, 0.5) is 34.1 Å². The fraction of sp³-hybridized carbons (Fsp3) is 0.0562. The number of nitrogens with zero attached hydrogens (tertiary/aromatic N) is 2. The molecule has 1 aromatic heterocycles. The maximum atomic E-state index is 6.50. The average molecular weight is 1190 g/mol. The summed E-state index contributed by atoms with van der Waals surface area (Å²) >= 11 is 0. The first kappa shape index (κ1) is 54.5. The first-order valence-electron chi connectivity index (χ1n) is 32.5. The average Bonchev–Trinajstić information content (AvgIpc) is 1.68. The second-order valence-corrected chi connectivity index (χ2v) is 26.2. The Morgan fingerprint density at radius 3 is 1.23 bits per heavy atom. The Kier molecular flexibility index (Phi) is 12.5. The van der Waals surface area contributed by atoms with Gasteiger partial charge in [0.25, 0.3) is 6.71 Å². The van der Waals surface area contributed by atoms with Crippen molar-refractivity contribution in [3.63, 3.8) is 0 Å². The number of benzene rings is 14. The third kappa shape index (κ3) is 8.45. The Bertz CT molecular complexity index is 5280. The maximum absolute atomic E-state index is 6.50. The lowest BCUT2D eigenvalue weighted by molar-refractivity contribution is 0.590. The van der Waals surface area contributed by atoms with E-state index in [9.17, 15) is 0 Å². The monoisotopic (exact) mass is 1190 g/mol. The highest BCUT2D eigenvalue weighted by molar-refractivity contribution is 7.00. The molecule has 0 spiro atoms. The van der Waals surface area contributed by atoms with Gasteiger partial charge in [0.15, 0.2) is 0 Å². The number of fused-ring (bicyclic) bond motifs is 10. The minimum Gasteiger partial charge on any atom is -0.456 e. The molecular weight excluding hydrogens is 1120 g/mol. The van der Waals surface area contributed by atoms with Crippen LogP contribution in [0.5, 0.6) is 0 Å². The first-order valence-corrected chi connectivity index (χ1v) is 32.5. The highest BCUT2D eigenvalue weighted by Gasteiger charge is 2.51. The van der Waals surface area contributed by atoms with Crippen LogP contribution in [0, 0.1) is 0 Å². The van der Waals surface area contributed by atoms with E-state index in [2.05, 4.69) is 358 Å². The molecule has 0 bridgehead atoms. The molecule has 15 aromatic rings. The summed E-state index contributed by atoms with van der Waals surface area (Å²) in [7, 11) is 0. The largest absolute Gasteiger partial charge is 0.456 e. The van der Waals surface area contributed by atoms with E-state index in [0.717, 1.165) is 106 Å². The topological polar surface area (TPSA) is 19.6 Å². The molecule has 0 saturated heterocycles. The number of hydrogen-bond donors (Lipinski definition) is 0. The second-order valence-electron chi connectivity index (χ2n) is 26.2. The molecule has 3 nitrogen and oxygen atoms in total. The van der Waals surface area contributed by atoms with Gasteiger partial charge >= 0.3 is 0 Å². The maximum Gasteiger partial charge on any atom is 0.252 e. The van der Waals surface area contributed by atoms with Gasteiger partial charge in [-0.05, 0) is 137 Å². The highest BCUT2D eigenvalue weighted by Crippen LogP contribution is 2.60. The lowest BCUT2D eigenvalue weighted by atomic mass is 9.33. The van der Waals surface area contributed by atoms with Crippen LogP contribution in [0.25, 0.3) is 88.7 Å².